The summed E-state index contributed by atoms with van der Waals surface area (Å²) in [7, 11) is 1.46. The van der Waals surface area contributed by atoms with Gasteiger partial charge in [0.25, 0.3) is 5.69 Å². The average Bonchev–Trinajstić information content (AvgIpc) is 2.84. The van der Waals surface area contributed by atoms with E-state index in [1.807, 2.05) is 0 Å². The van der Waals surface area contributed by atoms with Crippen molar-refractivity contribution < 1.29 is 41.9 Å². The molecule has 0 spiro atoms. The lowest BCUT2D eigenvalue weighted by molar-refractivity contribution is -0.385. The van der Waals surface area contributed by atoms with Crippen LogP contribution in [-0.4, -0.2) is 30.4 Å². The first-order chi connectivity index (χ1) is 17.5. The molecule has 12 heteroatoms. The molecule has 0 radical (unpaired) electrons. The highest BCUT2D eigenvalue weighted by atomic mass is 35.5. The van der Waals surface area contributed by atoms with Crippen molar-refractivity contribution in [1.82, 2.24) is 0 Å². The van der Waals surface area contributed by atoms with Crippen molar-refractivity contribution in [2.75, 3.05) is 13.7 Å². The number of rotatable bonds is 10. The third kappa shape index (κ3) is 7.43. The number of nitro groups is 1. The normalized spacial score (nSPS) is 11.1. The molecule has 3 rings (SSSR count). The number of Topliss-reactive ketones (excluding diaryl/α,β-unsaturated/α-hetero) is 1. The average molecular weight is 538 g/mol. The van der Waals surface area contributed by atoms with Gasteiger partial charge in [-0.25, -0.2) is 0 Å². The van der Waals surface area contributed by atoms with Gasteiger partial charge in [0.2, 0.25) is 0 Å². The summed E-state index contributed by atoms with van der Waals surface area (Å²) in [5.41, 5.74) is -1.05. The zero-order valence-corrected chi connectivity index (χ0v) is 20.0. The number of carbonyl (C=O) groups is 2. The molecule has 0 atom stereocenters. The number of ether oxygens (including phenoxy) is 3. The molecule has 0 aliphatic heterocycles. The lowest BCUT2D eigenvalue weighted by Gasteiger charge is -2.12. The maximum atomic E-state index is 12.8. The Morgan fingerprint density at radius 3 is 2.43 bits per heavy atom. The summed E-state index contributed by atoms with van der Waals surface area (Å²) in [5, 5.41) is 11.1. The number of halogens is 4. The predicted octanol–water partition coefficient (Wildman–Crippen LogP) is 6.43. The van der Waals surface area contributed by atoms with Crippen LogP contribution in [0.2, 0.25) is 5.02 Å². The van der Waals surface area contributed by atoms with E-state index < -0.39 is 34.7 Å². The quantitative estimate of drug-likeness (QED) is 0.127. The minimum absolute atomic E-state index is 0.00302. The van der Waals surface area contributed by atoms with E-state index in [4.69, 9.17) is 25.8 Å². The highest BCUT2D eigenvalue weighted by Crippen LogP contribution is 2.37. The van der Waals surface area contributed by atoms with Gasteiger partial charge >= 0.3 is 12.1 Å². The molecule has 194 valence electrons. The number of hydrogen-bond acceptors (Lipinski definition) is 7. The standard InChI is InChI=1S/C25H19ClF3NO7/c1-35-18-4-2-3-15(11-18)22(31)9-10-36-24(32)13-16-12-19(6-7-21(16)30(33)34)37-23-8-5-17(14-20(23)26)25(27,28)29/h2-8,11-12,14H,9-10,13H2,1H3. The molecule has 0 saturated heterocycles. The molecule has 0 fully saturated rings. The van der Waals surface area contributed by atoms with E-state index in [1.54, 1.807) is 24.3 Å². The number of nitrogens with zero attached hydrogens (tertiary/aromatic N) is 1. The fourth-order valence-corrected chi connectivity index (χ4v) is 3.46. The molecule has 0 aromatic heterocycles. The van der Waals surface area contributed by atoms with E-state index in [1.165, 1.54) is 19.2 Å². The minimum atomic E-state index is -4.60. The second kappa shape index (κ2) is 11.7. The maximum Gasteiger partial charge on any atom is 0.416 e. The fraction of sp³-hybridized carbons (Fsp3) is 0.200. The number of ketones is 1. The second-order valence-corrected chi connectivity index (χ2v) is 8.00. The lowest BCUT2D eigenvalue weighted by atomic mass is 10.1. The zero-order valence-electron chi connectivity index (χ0n) is 19.2. The van der Waals surface area contributed by atoms with Crippen LogP contribution < -0.4 is 9.47 Å². The fourth-order valence-electron chi connectivity index (χ4n) is 3.24. The summed E-state index contributed by atoms with van der Waals surface area (Å²) in [6, 6.07) is 12.4. The molecule has 37 heavy (non-hydrogen) atoms. The van der Waals surface area contributed by atoms with Crippen molar-refractivity contribution >= 4 is 29.0 Å². The van der Waals surface area contributed by atoms with Crippen molar-refractivity contribution in [2.24, 2.45) is 0 Å². The molecule has 0 saturated carbocycles. The van der Waals surface area contributed by atoms with Gasteiger partial charge in [-0.1, -0.05) is 23.7 Å². The van der Waals surface area contributed by atoms with E-state index >= 15 is 0 Å². The van der Waals surface area contributed by atoms with E-state index in [-0.39, 0.29) is 40.9 Å². The predicted molar refractivity (Wildman–Crippen MR) is 126 cm³/mol. The van der Waals surface area contributed by atoms with Crippen LogP contribution in [0.3, 0.4) is 0 Å². The molecular formula is C25H19ClF3NO7. The Balaban J connectivity index is 1.67. The van der Waals surface area contributed by atoms with Gasteiger partial charge in [0, 0.05) is 23.6 Å². The molecule has 0 unspecified atom stereocenters. The Bertz CT molecular complexity index is 1330. The van der Waals surface area contributed by atoms with Gasteiger partial charge in [-0.2, -0.15) is 13.2 Å². The van der Waals surface area contributed by atoms with Crippen molar-refractivity contribution in [3.05, 3.63) is 92.5 Å². The summed E-state index contributed by atoms with van der Waals surface area (Å²) < 4.78 is 54.1. The van der Waals surface area contributed by atoms with Gasteiger partial charge in [0.05, 0.1) is 35.6 Å². The Labute approximate surface area is 213 Å². The largest absolute Gasteiger partial charge is 0.497 e. The molecule has 0 bridgehead atoms. The molecular weight excluding hydrogens is 519 g/mol. The molecule has 0 aliphatic carbocycles. The number of esters is 1. The van der Waals surface area contributed by atoms with Crippen LogP contribution in [-0.2, 0) is 22.1 Å². The maximum absolute atomic E-state index is 12.8. The van der Waals surface area contributed by atoms with Gasteiger partial charge in [0.15, 0.2) is 5.78 Å². The lowest BCUT2D eigenvalue weighted by Crippen LogP contribution is -2.13. The summed E-state index contributed by atoms with van der Waals surface area (Å²) in [4.78, 5) is 35.3. The Morgan fingerprint density at radius 1 is 1.03 bits per heavy atom. The Hall–Kier alpha value is -4.12. The number of benzene rings is 3. The van der Waals surface area contributed by atoms with E-state index in [2.05, 4.69) is 0 Å². The summed E-state index contributed by atoms with van der Waals surface area (Å²) >= 11 is 5.89. The molecule has 3 aromatic rings. The SMILES string of the molecule is COc1cccc(C(=O)CCOC(=O)Cc2cc(Oc3ccc(C(F)(F)F)cc3Cl)ccc2[N+](=O)[O-])c1. The van der Waals surface area contributed by atoms with Crippen LogP contribution in [0.15, 0.2) is 60.7 Å². The third-order valence-corrected chi connectivity index (χ3v) is 5.35. The van der Waals surface area contributed by atoms with Gasteiger partial charge in [-0.3, -0.25) is 19.7 Å². The van der Waals surface area contributed by atoms with Gasteiger partial charge in [-0.05, 0) is 42.5 Å². The number of methoxy groups -OCH3 is 1. The first kappa shape index (κ1) is 27.5. The molecule has 0 heterocycles. The van der Waals surface area contributed by atoms with Crippen LogP contribution >= 0.6 is 11.6 Å². The first-order valence-electron chi connectivity index (χ1n) is 10.6. The van der Waals surface area contributed by atoms with Crippen molar-refractivity contribution in [3.8, 4) is 17.2 Å². The summed E-state index contributed by atoms with van der Waals surface area (Å²) in [5.74, 6) is -0.737. The third-order valence-electron chi connectivity index (χ3n) is 5.05. The molecule has 8 nitrogen and oxygen atoms in total. The number of hydrogen-bond donors (Lipinski definition) is 0. The minimum Gasteiger partial charge on any atom is -0.497 e. The van der Waals surface area contributed by atoms with Crippen molar-refractivity contribution in [1.29, 1.82) is 0 Å². The molecule has 0 aliphatic rings. The first-order valence-corrected chi connectivity index (χ1v) is 11.0. The van der Waals surface area contributed by atoms with Crippen LogP contribution in [0.5, 0.6) is 17.2 Å². The van der Waals surface area contributed by atoms with Crippen LogP contribution in [0, 0.1) is 10.1 Å². The number of nitro benzene ring substituents is 1. The Kier molecular flexibility index (Phi) is 8.72. The van der Waals surface area contributed by atoms with Gasteiger partial charge < -0.3 is 14.2 Å². The molecule has 0 N–H and O–H groups in total. The summed E-state index contributed by atoms with van der Waals surface area (Å²) in [6.07, 6.45) is -5.22. The molecule has 3 aromatic carbocycles. The molecule has 0 amide bonds. The van der Waals surface area contributed by atoms with E-state index in [9.17, 15) is 32.9 Å². The van der Waals surface area contributed by atoms with E-state index in [0.717, 1.165) is 18.2 Å². The van der Waals surface area contributed by atoms with Crippen molar-refractivity contribution in [2.45, 2.75) is 19.0 Å². The highest BCUT2D eigenvalue weighted by Gasteiger charge is 2.31. The summed E-state index contributed by atoms with van der Waals surface area (Å²) in [6.45, 7) is -0.250. The monoisotopic (exact) mass is 537 g/mol. The second-order valence-electron chi connectivity index (χ2n) is 7.60. The Morgan fingerprint density at radius 2 is 1.78 bits per heavy atom. The van der Waals surface area contributed by atoms with Crippen LogP contribution in [0.4, 0.5) is 18.9 Å². The smallest absolute Gasteiger partial charge is 0.416 e. The number of carbonyl (C=O) groups excluding carboxylic acids is 2. The van der Waals surface area contributed by atoms with E-state index in [0.29, 0.717) is 17.4 Å². The van der Waals surface area contributed by atoms with Crippen LogP contribution in [0.1, 0.15) is 27.9 Å². The number of alkyl halides is 3. The van der Waals surface area contributed by atoms with Crippen molar-refractivity contribution in [3.63, 3.8) is 0 Å². The highest BCUT2D eigenvalue weighted by molar-refractivity contribution is 6.32. The van der Waals surface area contributed by atoms with Crippen LogP contribution in [0.25, 0.3) is 0 Å². The zero-order chi connectivity index (χ0) is 27.2. The van der Waals surface area contributed by atoms with Gasteiger partial charge in [0.1, 0.15) is 17.2 Å². The van der Waals surface area contributed by atoms with Gasteiger partial charge in [-0.15, -0.1) is 0 Å². The topological polar surface area (TPSA) is 105 Å².